The van der Waals surface area contributed by atoms with Crippen molar-refractivity contribution in [2.24, 2.45) is 0 Å². The lowest BCUT2D eigenvalue weighted by molar-refractivity contribution is -0.154. The predicted molar refractivity (Wildman–Crippen MR) is 269 cm³/mol. The van der Waals surface area contributed by atoms with Gasteiger partial charge in [-0.05, 0) is 109 Å². The first-order valence-corrected chi connectivity index (χ1v) is 24.8. The standard InChI is InChI=1S/C57H92O4/c1-3-5-7-9-11-13-15-17-19-21-23-25-27-28-29-31-33-35-37-39-41-43-45-47-49-51-53-60-55-56(54-58)61-57(59)52-50-48-46-44-42-40-38-36-34-32-30-26-24-22-20-18-16-14-12-10-8-6-4-2/h5-8,11-14,17-20,23-26,28-29,32-35,56,58H,3-4,9-10,15-16,21-22,27,30-31,36-55H2,1-2H3/b7-5-,8-6-,13-11-,14-12-,19-17-,20-18-,25-23-,26-24-,29-28-,34-32-,35-33-. The number of rotatable bonds is 44. The Kier molecular flexibility index (Phi) is 49.7. The van der Waals surface area contributed by atoms with Crippen LogP contribution in [-0.2, 0) is 14.3 Å². The highest BCUT2D eigenvalue weighted by molar-refractivity contribution is 5.69. The quantitative estimate of drug-likeness (QED) is 0.0377. The molecule has 0 aliphatic heterocycles. The first-order valence-electron chi connectivity index (χ1n) is 24.8. The number of hydrogen-bond acceptors (Lipinski definition) is 4. The highest BCUT2D eigenvalue weighted by atomic mass is 16.6. The highest BCUT2D eigenvalue weighted by Gasteiger charge is 2.13. The van der Waals surface area contributed by atoms with E-state index in [1.54, 1.807) is 0 Å². The van der Waals surface area contributed by atoms with Crippen molar-refractivity contribution in [3.8, 4) is 0 Å². The Morgan fingerprint density at radius 1 is 0.393 bits per heavy atom. The number of carbonyl (C=O) groups is 1. The third kappa shape index (κ3) is 50.8. The Bertz CT molecular complexity index is 1250. The van der Waals surface area contributed by atoms with Crippen molar-refractivity contribution >= 4 is 5.97 Å². The average Bonchev–Trinajstić information content (AvgIpc) is 3.27. The molecule has 0 bridgehead atoms. The van der Waals surface area contributed by atoms with Crippen LogP contribution in [0.25, 0.3) is 0 Å². The van der Waals surface area contributed by atoms with Crippen molar-refractivity contribution in [2.45, 2.75) is 200 Å². The molecule has 0 amide bonds. The van der Waals surface area contributed by atoms with Crippen LogP contribution in [0.15, 0.2) is 134 Å². The summed E-state index contributed by atoms with van der Waals surface area (Å²) in [6, 6.07) is 0. The fraction of sp³-hybridized carbons (Fsp3) is 0.596. The SMILES string of the molecule is CC/C=C\C/C=C\C/C=C\C/C=C\C/C=C\C/C=C\CCCCCCCCCOCC(CO)OC(=O)CCCCCCCCC/C=C\C/C=C\C/C=C\C/C=C\C/C=C\CC. The van der Waals surface area contributed by atoms with Gasteiger partial charge in [-0.25, -0.2) is 0 Å². The summed E-state index contributed by atoms with van der Waals surface area (Å²) < 4.78 is 11.2. The summed E-state index contributed by atoms with van der Waals surface area (Å²) in [5.74, 6) is -0.222. The van der Waals surface area contributed by atoms with Crippen LogP contribution in [-0.4, -0.2) is 37.0 Å². The average molecular weight is 841 g/mol. The zero-order valence-electron chi connectivity index (χ0n) is 39.4. The van der Waals surface area contributed by atoms with Crippen LogP contribution in [0.2, 0.25) is 0 Å². The van der Waals surface area contributed by atoms with Gasteiger partial charge in [-0.1, -0.05) is 212 Å². The van der Waals surface area contributed by atoms with E-state index in [1.165, 1.54) is 64.2 Å². The molecule has 0 aromatic carbocycles. The maximum absolute atomic E-state index is 12.3. The van der Waals surface area contributed by atoms with Gasteiger partial charge in [-0.15, -0.1) is 0 Å². The first kappa shape index (κ1) is 57.5. The van der Waals surface area contributed by atoms with Gasteiger partial charge in [-0.3, -0.25) is 4.79 Å². The summed E-state index contributed by atoms with van der Waals surface area (Å²) in [6.07, 6.45) is 79.6. The minimum absolute atomic E-state index is 0.191. The molecule has 0 saturated heterocycles. The van der Waals surface area contributed by atoms with E-state index in [1.807, 2.05) is 0 Å². The van der Waals surface area contributed by atoms with Crippen molar-refractivity contribution in [1.29, 1.82) is 0 Å². The van der Waals surface area contributed by atoms with Crippen LogP contribution < -0.4 is 0 Å². The van der Waals surface area contributed by atoms with E-state index < -0.39 is 6.10 Å². The normalized spacial score (nSPS) is 13.6. The van der Waals surface area contributed by atoms with Gasteiger partial charge in [0.2, 0.25) is 0 Å². The molecule has 1 N–H and O–H groups in total. The molecular weight excluding hydrogens is 749 g/mol. The highest BCUT2D eigenvalue weighted by Crippen LogP contribution is 2.12. The summed E-state index contributed by atoms with van der Waals surface area (Å²) in [7, 11) is 0. The van der Waals surface area contributed by atoms with Crippen molar-refractivity contribution in [3.63, 3.8) is 0 Å². The summed E-state index contributed by atoms with van der Waals surface area (Å²) in [5, 5.41) is 9.65. The number of esters is 1. The second-order valence-corrected chi connectivity index (χ2v) is 15.8. The molecule has 0 saturated carbocycles. The zero-order chi connectivity index (χ0) is 44.0. The summed E-state index contributed by atoms with van der Waals surface area (Å²) in [6.45, 7) is 5.06. The van der Waals surface area contributed by atoms with Gasteiger partial charge in [0, 0.05) is 13.0 Å². The first-order chi connectivity index (χ1) is 30.2. The molecule has 0 aromatic heterocycles. The molecule has 0 aliphatic carbocycles. The lowest BCUT2D eigenvalue weighted by atomic mass is 10.1. The molecule has 4 heteroatoms. The number of carbonyl (C=O) groups excluding carboxylic acids is 1. The molecule has 61 heavy (non-hydrogen) atoms. The van der Waals surface area contributed by atoms with Gasteiger partial charge >= 0.3 is 5.97 Å². The fourth-order valence-corrected chi connectivity index (χ4v) is 6.36. The minimum Gasteiger partial charge on any atom is -0.457 e. The third-order valence-corrected chi connectivity index (χ3v) is 9.97. The molecule has 0 aromatic rings. The van der Waals surface area contributed by atoms with E-state index in [0.29, 0.717) is 13.0 Å². The van der Waals surface area contributed by atoms with Crippen LogP contribution in [0, 0.1) is 0 Å². The lowest BCUT2D eigenvalue weighted by Gasteiger charge is -2.15. The number of aliphatic hydroxyl groups excluding tert-OH is 1. The molecule has 1 unspecified atom stereocenters. The van der Waals surface area contributed by atoms with Gasteiger partial charge in [0.25, 0.3) is 0 Å². The summed E-state index contributed by atoms with van der Waals surface area (Å²) in [4.78, 5) is 12.3. The van der Waals surface area contributed by atoms with Crippen molar-refractivity contribution in [3.05, 3.63) is 134 Å². The molecule has 0 heterocycles. The Balaban J connectivity index is 3.55. The summed E-state index contributed by atoms with van der Waals surface area (Å²) >= 11 is 0. The van der Waals surface area contributed by atoms with E-state index >= 15 is 0 Å². The van der Waals surface area contributed by atoms with Crippen LogP contribution in [0.1, 0.15) is 194 Å². The largest absolute Gasteiger partial charge is 0.457 e. The Labute approximate surface area is 377 Å². The van der Waals surface area contributed by atoms with Crippen LogP contribution in [0.5, 0.6) is 0 Å². The van der Waals surface area contributed by atoms with Gasteiger partial charge in [0.1, 0.15) is 6.10 Å². The monoisotopic (exact) mass is 841 g/mol. The third-order valence-electron chi connectivity index (χ3n) is 9.97. The van der Waals surface area contributed by atoms with Crippen LogP contribution in [0.4, 0.5) is 0 Å². The van der Waals surface area contributed by atoms with Crippen LogP contribution >= 0.6 is 0 Å². The van der Waals surface area contributed by atoms with Gasteiger partial charge in [0.15, 0.2) is 0 Å². The Morgan fingerprint density at radius 2 is 0.689 bits per heavy atom. The number of hydrogen-bond donors (Lipinski definition) is 1. The van der Waals surface area contributed by atoms with Crippen molar-refractivity contribution in [1.82, 2.24) is 0 Å². The molecule has 0 fully saturated rings. The minimum atomic E-state index is -0.559. The Morgan fingerprint density at radius 3 is 1.03 bits per heavy atom. The molecule has 4 nitrogen and oxygen atoms in total. The lowest BCUT2D eigenvalue weighted by Crippen LogP contribution is -2.27. The van der Waals surface area contributed by atoms with Crippen LogP contribution in [0.3, 0.4) is 0 Å². The molecule has 0 radical (unpaired) electrons. The zero-order valence-corrected chi connectivity index (χ0v) is 39.4. The van der Waals surface area contributed by atoms with E-state index in [-0.39, 0.29) is 19.2 Å². The molecule has 0 spiro atoms. The van der Waals surface area contributed by atoms with E-state index in [9.17, 15) is 9.90 Å². The molecule has 1 atom stereocenters. The van der Waals surface area contributed by atoms with Gasteiger partial charge in [-0.2, -0.15) is 0 Å². The second-order valence-electron chi connectivity index (χ2n) is 15.8. The topological polar surface area (TPSA) is 55.8 Å². The number of ether oxygens (including phenoxy) is 2. The smallest absolute Gasteiger partial charge is 0.306 e. The summed E-state index contributed by atoms with van der Waals surface area (Å²) in [5.41, 5.74) is 0. The number of aliphatic hydroxyl groups is 1. The molecular formula is C57H92O4. The van der Waals surface area contributed by atoms with Gasteiger partial charge in [0.05, 0.1) is 13.2 Å². The fourth-order valence-electron chi connectivity index (χ4n) is 6.36. The number of allylic oxidation sites excluding steroid dienone is 22. The van der Waals surface area contributed by atoms with E-state index in [4.69, 9.17) is 9.47 Å². The maximum atomic E-state index is 12.3. The van der Waals surface area contributed by atoms with Gasteiger partial charge < -0.3 is 14.6 Å². The maximum Gasteiger partial charge on any atom is 0.306 e. The second kappa shape index (κ2) is 52.7. The van der Waals surface area contributed by atoms with Crippen molar-refractivity contribution in [2.75, 3.05) is 19.8 Å². The Hall–Kier alpha value is -3.47. The number of unbranched alkanes of at least 4 members (excludes halogenated alkanes) is 14. The molecule has 0 aliphatic rings. The molecule has 344 valence electrons. The van der Waals surface area contributed by atoms with E-state index in [0.717, 1.165) is 109 Å². The molecule has 0 rings (SSSR count). The van der Waals surface area contributed by atoms with Crippen molar-refractivity contribution < 1.29 is 19.4 Å². The van der Waals surface area contributed by atoms with E-state index in [2.05, 4.69) is 148 Å². The predicted octanol–water partition coefficient (Wildman–Crippen LogP) is 17.0.